The number of aliphatic hydroxyl groups is 5. The van der Waals surface area contributed by atoms with Crippen molar-refractivity contribution in [3.8, 4) is 0 Å². The van der Waals surface area contributed by atoms with Crippen molar-refractivity contribution in [2.24, 2.45) is 0 Å². The van der Waals surface area contributed by atoms with Crippen LogP contribution in [0.5, 0.6) is 0 Å². The summed E-state index contributed by atoms with van der Waals surface area (Å²) in [5, 5.41) is 57.1. The molecule has 0 saturated carbocycles. The standard InChI is InChI=1S/C72H121NO10/c1-4-7-10-13-16-19-22-25-27-29-30-31-32-33-34-35-36-37-39-42-45-48-51-54-57-60-67(77)83-70-69(79)68(78)66(61-74)82-72(70)81-62-63(64(75)58-55-52-49-46-43-40-24-21-18-15-12-9-6-3)73-71(80)65(76)59-56-53-50-47-44-41-38-28-26-23-20-17-14-11-8-5-2/h8,11,14,16-17,19-20,23,25-28,30-31,38,41,44,47,55,58,63-66,68-70,72,74-76,78-79H,4-7,9-10,12-13,15,18,21-22,24,29,32-37,39-40,42-43,45-46,48-54,56-57,59-62H2,1-3H3,(H,73,80)/b11-8-,17-14+,19-16-,23-20+,27-25-,28-26-,31-30-,41-38+,47-44+,58-55+. The van der Waals surface area contributed by atoms with Crippen molar-refractivity contribution < 1.29 is 49.3 Å². The number of carbonyl (C=O) groups is 2. The fourth-order valence-electron chi connectivity index (χ4n) is 9.75. The number of ether oxygens (including phenoxy) is 3. The number of hydrogen-bond acceptors (Lipinski definition) is 10. The Bertz CT molecular complexity index is 1810. The van der Waals surface area contributed by atoms with Gasteiger partial charge in [-0.05, 0) is 83.5 Å². The number of unbranched alkanes of at least 4 members (excludes halogenated alkanes) is 28. The van der Waals surface area contributed by atoms with E-state index in [-0.39, 0.29) is 19.4 Å². The number of esters is 1. The van der Waals surface area contributed by atoms with Crippen LogP contribution >= 0.6 is 0 Å². The lowest BCUT2D eigenvalue weighted by Crippen LogP contribution is -2.61. The smallest absolute Gasteiger partial charge is 0.306 e. The van der Waals surface area contributed by atoms with Gasteiger partial charge in [0.25, 0.3) is 0 Å². The van der Waals surface area contributed by atoms with Gasteiger partial charge in [0.05, 0.1) is 25.4 Å². The second kappa shape index (κ2) is 58.4. The lowest BCUT2D eigenvalue weighted by atomic mass is 9.99. The van der Waals surface area contributed by atoms with Gasteiger partial charge in [-0.2, -0.15) is 0 Å². The number of rotatable bonds is 55. The first kappa shape index (κ1) is 77.1. The predicted molar refractivity (Wildman–Crippen MR) is 347 cm³/mol. The van der Waals surface area contributed by atoms with Crippen molar-refractivity contribution in [3.63, 3.8) is 0 Å². The number of hydrogen-bond donors (Lipinski definition) is 6. The molecule has 1 aliphatic rings. The average molecular weight is 1160 g/mol. The molecule has 1 amide bonds. The Morgan fingerprint density at radius 2 is 0.916 bits per heavy atom. The Kier molecular flexibility index (Phi) is 54.3. The number of aliphatic hydroxyl groups excluding tert-OH is 5. The third-order valence-electron chi connectivity index (χ3n) is 15.0. The molecule has 11 heteroatoms. The first-order valence-electron chi connectivity index (χ1n) is 33.4. The first-order valence-corrected chi connectivity index (χ1v) is 33.4. The lowest BCUT2D eigenvalue weighted by Gasteiger charge is -2.41. The van der Waals surface area contributed by atoms with E-state index >= 15 is 0 Å². The second-order valence-corrected chi connectivity index (χ2v) is 22.6. The van der Waals surface area contributed by atoms with E-state index in [1.54, 1.807) is 6.08 Å². The minimum absolute atomic E-state index is 0.109. The second-order valence-electron chi connectivity index (χ2n) is 22.6. The number of nitrogens with one attached hydrogen (secondary N) is 1. The van der Waals surface area contributed by atoms with Crippen molar-refractivity contribution in [1.82, 2.24) is 5.32 Å². The molecule has 0 aromatic carbocycles. The molecule has 8 atom stereocenters. The highest BCUT2D eigenvalue weighted by molar-refractivity contribution is 5.80. The summed E-state index contributed by atoms with van der Waals surface area (Å²) in [4.78, 5) is 26.6. The van der Waals surface area contributed by atoms with Crippen molar-refractivity contribution in [2.75, 3.05) is 13.2 Å². The zero-order valence-corrected chi connectivity index (χ0v) is 52.5. The molecule has 0 bridgehead atoms. The normalized spacial score (nSPS) is 19.3. The van der Waals surface area contributed by atoms with Gasteiger partial charge in [0.2, 0.25) is 5.91 Å². The SMILES string of the molecule is CC\C=C/C=C/C=C/C=C\C=C\C=C\CCCCC(O)C(=O)NC(COC1OC(CO)C(O)C(O)C1OC(=O)CCCCCCCCCCCCCC/C=C\C/C=C\C/C=C\CCCCC)C(O)/C=C/CCCCCCCCCCCCC. The van der Waals surface area contributed by atoms with Gasteiger partial charge in [0, 0.05) is 6.42 Å². The average Bonchev–Trinajstić information content (AvgIpc) is 3.67. The van der Waals surface area contributed by atoms with Crippen molar-refractivity contribution >= 4 is 11.9 Å². The molecular formula is C72H121NO10. The Balaban J connectivity index is 2.64. The van der Waals surface area contributed by atoms with E-state index in [0.717, 1.165) is 83.5 Å². The van der Waals surface area contributed by atoms with Crippen LogP contribution in [0.15, 0.2) is 122 Å². The summed E-state index contributed by atoms with van der Waals surface area (Å²) in [5.74, 6) is -1.25. The van der Waals surface area contributed by atoms with E-state index < -0.39 is 67.4 Å². The predicted octanol–water partition coefficient (Wildman–Crippen LogP) is 16.6. The fourth-order valence-corrected chi connectivity index (χ4v) is 9.75. The molecule has 83 heavy (non-hydrogen) atoms. The minimum Gasteiger partial charge on any atom is -0.454 e. The molecule has 0 aromatic rings. The van der Waals surface area contributed by atoms with Crippen LogP contribution in [0.25, 0.3) is 0 Å². The van der Waals surface area contributed by atoms with Gasteiger partial charge in [-0.15, -0.1) is 0 Å². The maximum absolute atomic E-state index is 13.4. The summed E-state index contributed by atoms with van der Waals surface area (Å²) < 4.78 is 17.6. The number of allylic oxidation sites excluding steroid dienone is 19. The first-order chi connectivity index (χ1) is 40.7. The van der Waals surface area contributed by atoms with Crippen LogP contribution < -0.4 is 5.32 Å². The monoisotopic (exact) mass is 1160 g/mol. The Morgan fingerprint density at radius 1 is 0.494 bits per heavy atom. The van der Waals surface area contributed by atoms with E-state index in [1.165, 1.54) is 128 Å². The van der Waals surface area contributed by atoms with E-state index in [1.807, 2.05) is 72.9 Å². The van der Waals surface area contributed by atoms with Crippen LogP contribution in [0, 0.1) is 0 Å². The van der Waals surface area contributed by atoms with E-state index in [9.17, 15) is 35.1 Å². The minimum atomic E-state index is -1.63. The molecule has 1 heterocycles. The maximum atomic E-state index is 13.4. The highest BCUT2D eigenvalue weighted by Crippen LogP contribution is 2.26. The molecule has 1 aliphatic heterocycles. The topological polar surface area (TPSA) is 175 Å². The highest BCUT2D eigenvalue weighted by Gasteiger charge is 2.47. The van der Waals surface area contributed by atoms with Gasteiger partial charge in [0.1, 0.15) is 24.4 Å². The quantitative estimate of drug-likeness (QED) is 0.0149. The molecule has 0 radical (unpaired) electrons. The van der Waals surface area contributed by atoms with Crippen LogP contribution in [0.4, 0.5) is 0 Å². The summed E-state index contributed by atoms with van der Waals surface area (Å²) in [6.45, 7) is 5.59. The Hall–Kier alpha value is -3.94. The molecular weight excluding hydrogens is 1040 g/mol. The lowest BCUT2D eigenvalue weighted by molar-refractivity contribution is -0.305. The van der Waals surface area contributed by atoms with Crippen molar-refractivity contribution in [2.45, 2.75) is 307 Å². The fraction of sp³-hybridized carbons (Fsp3) is 0.694. The summed E-state index contributed by atoms with van der Waals surface area (Å²) in [6, 6.07) is -1.06. The molecule has 0 aliphatic carbocycles. The van der Waals surface area contributed by atoms with E-state index in [0.29, 0.717) is 12.8 Å². The summed E-state index contributed by atoms with van der Waals surface area (Å²) in [6.07, 6.45) is 70.9. The van der Waals surface area contributed by atoms with Crippen LogP contribution in [0.3, 0.4) is 0 Å². The van der Waals surface area contributed by atoms with Gasteiger partial charge in [0.15, 0.2) is 12.4 Å². The largest absolute Gasteiger partial charge is 0.454 e. The van der Waals surface area contributed by atoms with Crippen LogP contribution in [-0.2, 0) is 23.8 Å². The van der Waals surface area contributed by atoms with Crippen LogP contribution in [-0.4, -0.2) is 99.6 Å². The van der Waals surface area contributed by atoms with Crippen molar-refractivity contribution in [1.29, 1.82) is 0 Å². The van der Waals surface area contributed by atoms with Crippen LogP contribution in [0.2, 0.25) is 0 Å². The van der Waals surface area contributed by atoms with Gasteiger partial charge in [-0.3, -0.25) is 9.59 Å². The molecule has 11 nitrogen and oxygen atoms in total. The summed E-state index contributed by atoms with van der Waals surface area (Å²) in [7, 11) is 0. The molecule has 1 rings (SSSR count). The Morgan fingerprint density at radius 3 is 1.43 bits per heavy atom. The molecule has 1 fully saturated rings. The zero-order valence-electron chi connectivity index (χ0n) is 52.5. The van der Waals surface area contributed by atoms with Gasteiger partial charge in [-0.25, -0.2) is 0 Å². The molecule has 1 saturated heterocycles. The molecule has 6 N–H and O–H groups in total. The maximum Gasteiger partial charge on any atom is 0.306 e. The Labute approximate surface area is 506 Å². The van der Waals surface area contributed by atoms with Gasteiger partial charge >= 0.3 is 5.97 Å². The third-order valence-corrected chi connectivity index (χ3v) is 15.0. The van der Waals surface area contributed by atoms with Crippen molar-refractivity contribution in [3.05, 3.63) is 122 Å². The van der Waals surface area contributed by atoms with Gasteiger partial charge in [-0.1, -0.05) is 290 Å². The summed E-state index contributed by atoms with van der Waals surface area (Å²) in [5.41, 5.74) is 0. The molecule has 8 unspecified atom stereocenters. The van der Waals surface area contributed by atoms with E-state index in [2.05, 4.69) is 68.6 Å². The van der Waals surface area contributed by atoms with E-state index in [4.69, 9.17) is 14.2 Å². The van der Waals surface area contributed by atoms with Crippen LogP contribution in [0.1, 0.15) is 258 Å². The number of carbonyl (C=O) groups excluding carboxylic acids is 2. The zero-order chi connectivity index (χ0) is 60.3. The third kappa shape index (κ3) is 46.0. The molecule has 0 aromatic heterocycles. The van der Waals surface area contributed by atoms with Gasteiger partial charge < -0.3 is 45.1 Å². The number of amides is 1. The molecule has 0 spiro atoms. The summed E-state index contributed by atoms with van der Waals surface area (Å²) >= 11 is 0. The highest BCUT2D eigenvalue weighted by atomic mass is 16.7. The molecule has 474 valence electrons.